The van der Waals surface area contributed by atoms with Crippen LogP contribution < -0.4 is 5.10 Å². The summed E-state index contributed by atoms with van der Waals surface area (Å²) in [7, 11) is 0. The Labute approximate surface area is 234 Å². The van der Waals surface area contributed by atoms with Gasteiger partial charge in [0.05, 0.1) is 11.4 Å². The van der Waals surface area contributed by atoms with Gasteiger partial charge < -0.3 is 15.5 Å². The summed E-state index contributed by atoms with van der Waals surface area (Å²) in [6.45, 7) is 8.44. The van der Waals surface area contributed by atoms with Gasteiger partial charge in [-0.15, -0.1) is 11.4 Å². The first-order valence-electron chi connectivity index (χ1n) is 12.2. The molecule has 0 saturated heterocycles. The third-order valence-electron chi connectivity index (χ3n) is 6.10. The van der Waals surface area contributed by atoms with Gasteiger partial charge in [-0.3, -0.25) is 9.97 Å². The summed E-state index contributed by atoms with van der Waals surface area (Å²) in [4.78, 5) is 9.35. The molecule has 0 bridgehead atoms. The summed E-state index contributed by atoms with van der Waals surface area (Å²) in [6.07, 6.45) is 2.71. The topological polar surface area (TPSA) is 66.9 Å². The average molecular weight is 669 g/mol. The van der Waals surface area contributed by atoms with Crippen molar-refractivity contribution in [2.75, 3.05) is 0 Å². The fourth-order valence-corrected chi connectivity index (χ4v) is 3.91. The van der Waals surface area contributed by atoms with Crippen LogP contribution in [0.5, 0.6) is 0 Å². The number of pyridine rings is 2. The van der Waals surface area contributed by atoms with E-state index in [-0.39, 0.29) is 26.5 Å². The van der Waals surface area contributed by atoms with Crippen molar-refractivity contribution in [3.8, 4) is 11.4 Å². The maximum absolute atomic E-state index is 4.86. The Kier molecular flexibility index (Phi) is 9.93. The van der Waals surface area contributed by atoms with Crippen LogP contribution in [0.3, 0.4) is 0 Å². The largest absolute Gasteiger partial charge is 2.00 e. The third-order valence-corrected chi connectivity index (χ3v) is 6.10. The second-order valence-corrected chi connectivity index (χ2v) is 9.00. The number of benzene rings is 2. The number of rotatable bonds is 6. The fourth-order valence-electron chi connectivity index (χ4n) is 3.91. The number of nitrogens with zero attached hydrogens (tertiary/aromatic N) is 5. The summed E-state index contributed by atoms with van der Waals surface area (Å²) in [5.41, 5.74) is 7.61. The van der Waals surface area contributed by atoms with E-state index in [9.17, 15) is 0 Å². The Hall–Kier alpha value is -3.56. The molecule has 190 valence electrons. The second kappa shape index (κ2) is 13.1. The number of aromatic nitrogens is 4. The Morgan fingerprint density at radius 2 is 1.35 bits per heavy atom. The molecule has 0 aliphatic carbocycles. The van der Waals surface area contributed by atoms with Crippen molar-refractivity contribution < 1.29 is 21.1 Å². The summed E-state index contributed by atoms with van der Waals surface area (Å²) in [5, 5.41) is 13.0. The summed E-state index contributed by atoms with van der Waals surface area (Å²) in [6, 6.07) is 32.0. The first-order chi connectivity index (χ1) is 17.5. The predicted molar refractivity (Wildman–Crippen MR) is 147 cm³/mol. The van der Waals surface area contributed by atoms with Gasteiger partial charge in [0.1, 0.15) is 0 Å². The molecule has 2 aromatic carbocycles. The zero-order valence-electron chi connectivity index (χ0n) is 21.6. The van der Waals surface area contributed by atoms with E-state index in [4.69, 9.17) is 4.98 Å². The molecule has 0 atom stereocenters. The first kappa shape index (κ1) is 28.0. The molecule has 0 fully saturated rings. The Balaban J connectivity index is 0.000000231. The second-order valence-electron chi connectivity index (χ2n) is 9.00. The number of para-hydroxylation sites is 2. The van der Waals surface area contributed by atoms with Crippen molar-refractivity contribution in [3.63, 3.8) is 0 Å². The van der Waals surface area contributed by atoms with E-state index in [2.05, 4.69) is 48.2 Å². The molecule has 0 aliphatic heterocycles. The molecular formula is C31H31N5Pt. The van der Waals surface area contributed by atoms with Crippen molar-refractivity contribution in [1.29, 1.82) is 0 Å². The van der Waals surface area contributed by atoms with Crippen LogP contribution in [0.4, 0.5) is 11.4 Å². The van der Waals surface area contributed by atoms with Crippen LogP contribution in [0.2, 0.25) is 0 Å². The van der Waals surface area contributed by atoms with Gasteiger partial charge in [0.2, 0.25) is 0 Å². The van der Waals surface area contributed by atoms with Crippen molar-refractivity contribution in [1.82, 2.24) is 20.2 Å². The SMILES string of the molecule is CCc1n[n-]c(-c2cccc(C(C)(C)c3ccccn3)n2)c1C.[Pt+2].c1ccc([N-]c2ccccc2)cc1. The van der Waals surface area contributed by atoms with Gasteiger partial charge >= 0.3 is 21.1 Å². The molecular weight excluding hydrogens is 637 g/mol. The quantitative estimate of drug-likeness (QED) is 0.186. The minimum Gasteiger partial charge on any atom is -0.658 e. The van der Waals surface area contributed by atoms with Crippen LogP contribution in [0.25, 0.3) is 16.7 Å². The molecule has 3 aromatic heterocycles. The minimum atomic E-state index is -0.265. The first-order valence-corrected chi connectivity index (χ1v) is 12.2. The van der Waals surface area contributed by atoms with Crippen molar-refractivity contribution in [3.05, 3.63) is 131 Å². The van der Waals surface area contributed by atoms with Gasteiger partial charge in [-0.2, -0.15) is 0 Å². The van der Waals surface area contributed by atoms with E-state index in [1.807, 2.05) is 103 Å². The summed E-state index contributed by atoms with van der Waals surface area (Å²) < 4.78 is 0. The van der Waals surface area contributed by atoms with Crippen molar-refractivity contribution >= 4 is 11.4 Å². The zero-order chi connectivity index (χ0) is 25.4. The van der Waals surface area contributed by atoms with E-state index in [1.165, 1.54) is 0 Å². The number of aryl methyl sites for hydroxylation is 1. The molecule has 0 saturated carbocycles. The van der Waals surface area contributed by atoms with E-state index in [1.54, 1.807) is 0 Å². The van der Waals surface area contributed by atoms with Gasteiger partial charge in [-0.05, 0) is 57.0 Å². The van der Waals surface area contributed by atoms with Crippen LogP contribution in [-0.4, -0.2) is 15.1 Å². The molecule has 37 heavy (non-hydrogen) atoms. The maximum Gasteiger partial charge on any atom is 2.00 e. The molecule has 6 heteroatoms. The van der Waals surface area contributed by atoms with Crippen LogP contribution >= 0.6 is 0 Å². The molecule has 0 spiro atoms. The van der Waals surface area contributed by atoms with Crippen molar-refractivity contribution in [2.24, 2.45) is 0 Å². The van der Waals surface area contributed by atoms with Gasteiger partial charge in [-0.1, -0.05) is 85.4 Å². The number of hydrogen-bond donors (Lipinski definition) is 0. The van der Waals surface area contributed by atoms with Crippen LogP contribution in [0, 0.1) is 6.92 Å². The Morgan fingerprint density at radius 3 is 1.89 bits per heavy atom. The summed E-state index contributed by atoms with van der Waals surface area (Å²) in [5.74, 6) is 0. The van der Waals surface area contributed by atoms with Crippen LogP contribution in [0.15, 0.2) is 103 Å². The standard InChI is InChI=1S/C19H21N4.C12H10N.Pt/c1-5-14-13(2)18(23-22-14)15-9-8-11-17(21-15)19(3,4)16-10-6-7-12-20-16;1-3-7-11(8-4-1)13-12-9-5-2-6-10-12;/h6-12H,5H2,1-4H3;1-10H;/q2*-1;+2. The molecule has 5 nitrogen and oxygen atoms in total. The summed E-state index contributed by atoms with van der Waals surface area (Å²) >= 11 is 0. The molecule has 5 rings (SSSR count). The molecule has 0 radical (unpaired) electrons. The number of hydrogen-bond acceptors (Lipinski definition) is 3. The van der Waals surface area contributed by atoms with Crippen molar-refractivity contribution in [2.45, 2.75) is 39.5 Å². The van der Waals surface area contributed by atoms with Gasteiger partial charge in [0.25, 0.3) is 0 Å². The monoisotopic (exact) mass is 668 g/mol. The Morgan fingerprint density at radius 1 is 0.757 bits per heavy atom. The molecule has 3 heterocycles. The molecule has 0 amide bonds. The Bertz CT molecular complexity index is 1330. The predicted octanol–water partition coefficient (Wildman–Crippen LogP) is 7.71. The van der Waals surface area contributed by atoms with Gasteiger partial charge in [0.15, 0.2) is 0 Å². The molecule has 0 N–H and O–H groups in total. The van der Waals surface area contributed by atoms with E-state index in [0.29, 0.717) is 0 Å². The average Bonchev–Trinajstić information content (AvgIpc) is 3.31. The molecule has 0 aliphatic rings. The van der Waals surface area contributed by atoms with E-state index in [0.717, 1.165) is 51.8 Å². The fraction of sp³-hybridized carbons (Fsp3) is 0.194. The van der Waals surface area contributed by atoms with Crippen LogP contribution in [0.1, 0.15) is 43.4 Å². The van der Waals surface area contributed by atoms with E-state index >= 15 is 0 Å². The van der Waals surface area contributed by atoms with E-state index < -0.39 is 0 Å². The molecule has 5 aromatic rings. The smallest absolute Gasteiger partial charge is 0.658 e. The van der Waals surface area contributed by atoms with Crippen LogP contribution in [-0.2, 0) is 32.9 Å². The zero-order valence-corrected chi connectivity index (χ0v) is 23.8. The normalized spacial score (nSPS) is 10.6. The third kappa shape index (κ3) is 7.02. The maximum atomic E-state index is 4.86. The van der Waals surface area contributed by atoms with Gasteiger partial charge in [0, 0.05) is 23.0 Å². The minimum absolute atomic E-state index is 0. The molecule has 0 unspecified atom stereocenters. The van der Waals surface area contributed by atoms with Gasteiger partial charge in [-0.25, -0.2) is 0 Å².